The van der Waals surface area contributed by atoms with E-state index in [0.717, 1.165) is 12.8 Å². The first kappa shape index (κ1) is 13.5. The summed E-state index contributed by atoms with van der Waals surface area (Å²) in [6.45, 7) is 0. The van der Waals surface area contributed by atoms with E-state index in [1.54, 1.807) is 6.20 Å². The predicted molar refractivity (Wildman–Crippen MR) is 78.2 cm³/mol. The van der Waals surface area contributed by atoms with E-state index in [0.29, 0.717) is 17.5 Å². The molecule has 0 bridgehead atoms. The molecule has 1 atom stereocenters. The van der Waals surface area contributed by atoms with E-state index in [4.69, 9.17) is 10.3 Å². The molecule has 21 heavy (non-hydrogen) atoms. The number of benzene rings is 1. The van der Waals surface area contributed by atoms with Gasteiger partial charge in [0.25, 0.3) is 0 Å². The monoisotopic (exact) mass is 283 g/mol. The first-order valence-corrected chi connectivity index (χ1v) is 6.85. The molecule has 0 spiro atoms. The maximum atomic E-state index is 6.12. The fraction of sp³-hybridized carbons (Fsp3) is 0.267. The fourth-order valence-corrected chi connectivity index (χ4v) is 2.15. The Morgan fingerprint density at radius 3 is 2.81 bits per heavy atom. The van der Waals surface area contributed by atoms with E-state index in [9.17, 15) is 0 Å². The molecule has 0 saturated heterocycles. The van der Waals surface area contributed by atoms with Crippen LogP contribution in [-0.2, 0) is 13.5 Å². The maximum absolute atomic E-state index is 6.12. The molecule has 0 amide bonds. The van der Waals surface area contributed by atoms with Crippen molar-refractivity contribution in [2.45, 2.75) is 18.9 Å². The SMILES string of the molecule is Cn1ccnc1-c1noc([C@@H](N)CCc2ccccc2)n1. The zero-order chi connectivity index (χ0) is 14.7. The highest BCUT2D eigenvalue weighted by Gasteiger charge is 2.17. The zero-order valence-corrected chi connectivity index (χ0v) is 11.8. The molecule has 2 N–H and O–H groups in total. The van der Waals surface area contributed by atoms with E-state index in [1.807, 2.05) is 36.0 Å². The second kappa shape index (κ2) is 5.88. The standard InChI is InChI=1S/C15H17N5O/c1-20-10-9-17-14(20)13-18-15(21-19-13)12(16)8-7-11-5-3-2-4-6-11/h2-6,9-10,12H,7-8,16H2,1H3/t12-/m0/s1. The van der Waals surface area contributed by atoms with Crippen LogP contribution in [0.2, 0.25) is 0 Å². The van der Waals surface area contributed by atoms with Gasteiger partial charge in [0.1, 0.15) is 0 Å². The van der Waals surface area contributed by atoms with Crippen molar-refractivity contribution in [2.75, 3.05) is 0 Å². The number of aromatic nitrogens is 4. The maximum Gasteiger partial charge on any atom is 0.243 e. The van der Waals surface area contributed by atoms with Crippen molar-refractivity contribution in [3.8, 4) is 11.6 Å². The average Bonchev–Trinajstić information content (AvgIpc) is 3.14. The van der Waals surface area contributed by atoms with Crippen molar-refractivity contribution in [1.82, 2.24) is 19.7 Å². The lowest BCUT2D eigenvalue weighted by atomic mass is 10.1. The second-order valence-corrected chi connectivity index (χ2v) is 4.95. The summed E-state index contributed by atoms with van der Waals surface area (Å²) in [5, 5.41) is 3.95. The van der Waals surface area contributed by atoms with Gasteiger partial charge in [0.05, 0.1) is 6.04 Å². The molecule has 1 aromatic carbocycles. The minimum Gasteiger partial charge on any atom is -0.337 e. The van der Waals surface area contributed by atoms with E-state index in [-0.39, 0.29) is 6.04 Å². The van der Waals surface area contributed by atoms with Crippen molar-refractivity contribution in [1.29, 1.82) is 0 Å². The van der Waals surface area contributed by atoms with Crippen LogP contribution in [0.4, 0.5) is 0 Å². The quantitative estimate of drug-likeness (QED) is 0.775. The summed E-state index contributed by atoms with van der Waals surface area (Å²) in [6.07, 6.45) is 5.16. The van der Waals surface area contributed by atoms with Crippen LogP contribution in [0.1, 0.15) is 23.9 Å². The highest BCUT2D eigenvalue weighted by molar-refractivity contribution is 5.42. The molecule has 6 heteroatoms. The Morgan fingerprint density at radius 1 is 1.29 bits per heavy atom. The van der Waals surface area contributed by atoms with E-state index in [1.165, 1.54) is 5.56 Å². The van der Waals surface area contributed by atoms with Crippen molar-refractivity contribution < 1.29 is 4.52 Å². The van der Waals surface area contributed by atoms with Gasteiger partial charge in [-0.3, -0.25) is 0 Å². The summed E-state index contributed by atoms with van der Waals surface area (Å²) in [4.78, 5) is 8.53. The first-order valence-electron chi connectivity index (χ1n) is 6.85. The molecule has 0 radical (unpaired) electrons. The lowest BCUT2D eigenvalue weighted by Crippen LogP contribution is -2.11. The third-order valence-corrected chi connectivity index (χ3v) is 3.37. The Hall–Kier alpha value is -2.47. The normalized spacial score (nSPS) is 12.5. The van der Waals surface area contributed by atoms with Gasteiger partial charge < -0.3 is 14.8 Å². The van der Waals surface area contributed by atoms with Crippen LogP contribution in [-0.4, -0.2) is 19.7 Å². The molecule has 0 saturated carbocycles. The molecule has 0 aliphatic rings. The van der Waals surface area contributed by atoms with Gasteiger partial charge >= 0.3 is 0 Å². The fourth-order valence-electron chi connectivity index (χ4n) is 2.15. The Kier molecular flexibility index (Phi) is 3.79. The van der Waals surface area contributed by atoms with Gasteiger partial charge in [-0.15, -0.1) is 0 Å². The minimum atomic E-state index is -0.272. The van der Waals surface area contributed by atoms with Gasteiger partial charge in [-0.1, -0.05) is 35.5 Å². The molecule has 0 aliphatic carbocycles. The van der Waals surface area contributed by atoms with Crippen LogP contribution in [0.15, 0.2) is 47.2 Å². The Balaban J connectivity index is 1.67. The number of imidazole rings is 1. The molecule has 108 valence electrons. The third-order valence-electron chi connectivity index (χ3n) is 3.37. The van der Waals surface area contributed by atoms with Crippen molar-refractivity contribution in [3.63, 3.8) is 0 Å². The van der Waals surface area contributed by atoms with E-state index < -0.39 is 0 Å². The van der Waals surface area contributed by atoms with Gasteiger partial charge in [-0.05, 0) is 18.4 Å². The number of aryl methyl sites for hydroxylation is 2. The molecule has 0 fully saturated rings. The number of nitrogens with two attached hydrogens (primary N) is 1. The zero-order valence-electron chi connectivity index (χ0n) is 11.8. The van der Waals surface area contributed by atoms with Gasteiger partial charge in [0.2, 0.25) is 11.7 Å². The van der Waals surface area contributed by atoms with Crippen LogP contribution < -0.4 is 5.73 Å². The van der Waals surface area contributed by atoms with E-state index in [2.05, 4.69) is 27.3 Å². The van der Waals surface area contributed by atoms with Gasteiger partial charge in [-0.2, -0.15) is 4.98 Å². The minimum absolute atomic E-state index is 0.272. The van der Waals surface area contributed by atoms with Gasteiger partial charge in [0, 0.05) is 19.4 Å². The lowest BCUT2D eigenvalue weighted by Gasteiger charge is -2.06. The summed E-state index contributed by atoms with van der Waals surface area (Å²) in [6, 6.07) is 9.94. The predicted octanol–water partition coefficient (Wildman–Crippen LogP) is 2.10. The van der Waals surface area contributed by atoms with Crippen LogP contribution in [0.5, 0.6) is 0 Å². The molecule has 2 heterocycles. The summed E-state index contributed by atoms with van der Waals surface area (Å²) in [5.74, 6) is 1.58. The summed E-state index contributed by atoms with van der Waals surface area (Å²) in [5.41, 5.74) is 7.37. The number of hydrogen-bond donors (Lipinski definition) is 1. The third kappa shape index (κ3) is 3.00. The van der Waals surface area contributed by atoms with Crippen LogP contribution in [0.25, 0.3) is 11.6 Å². The Bertz CT molecular complexity index is 704. The van der Waals surface area contributed by atoms with Crippen LogP contribution in [0.3, 0.4) is 0 Å². The highest BCUT2D eigenvalue weighted by atomic mass is 16.5. The van der Waals surface area contributed by atoms with Crippen molar-refractivity contribution >= 4 is 0 Å². The topological polar surface area (TPSA) is 82.8 Å². The molecular weight excluding hydrogens is 266 g/mol. The number of nitrogens with zero attached hydrogens (tertiary/aromatic N) is 4. The molecule has 0 unspecified atom stereocenters. The van der Waals surface area contributed by atoms with Crippen LogP contribution >= 0.6 is 0 Å². The molecule has 6 nitrogen and oxygen atoms in total. The number of hydrogen-bond acceptors (Lipinski definition) is 5. The number of rotatable bonds is 5. The highest BCUT2D eigenvalue weighted by Crippen LogP contribution is 2.19. The van der Waals surface area contributed by atoms with Crippen molar-refractivity contribution in [3.05, 3.63) is 54.2 Å². The summed E-state index contributed by atoms with van der Waals surface area (Å²) < 4.78 is 7.09. The summed E-state index contributed by atoms with van der Waals surface area (Å²) in [7, 11) is 1.88. The molecule has 2 aromatic heterocycles. The molecule has 0 aliphatic heterocycles. The van der Waals surface area contributed by atoms with Crippen LogP contribution in [0, 0.1) is 0 Å². The van der Waals surface area contributed by atoms with E-state index >= 15 is 0 Å². The Labute approximate surface area is 122 Å². The average molecular weight is 283 g/mol. The summed E-state index contributed by atoms with van der Waals surface area (Å²) >= 11 is 0. The largest absolute Gasteiger partial charge is 0.337 e. The molecule has 3 rings (SSSR count). The second-order valence-electron chi connectivity index (χ2n) is 4.95. The first-order chi connectivity index (χ1) is 10.2. The molecular formula is C15H17N5O. The molecule has 3 aromatic rings. The smallest absolute Gasteiger partial charge is 0.243 e. The Morgan fingerprint density at radius 2 is 2.10 bits per heavy atom. The van der Waals surface area contributed by atoms with Gasteiger partial charge in [0.15, 0.2) is 5.82 Å². The lowest BCUT2D eigenvalue weighted by molar-refractivity contribution is 0.349. The van der Waals surface area contributed by atoms with Crippen molar-refractivity contribution in [2.24, 2.45) is 12.8 Å². The van der Waals surface area contributed by atoms with Gasteiger partial charge in [-0.25, -0.2) is 4.98 Å².